The van der Waals surface area contributed by atoms with E-state index in [1.807, 2.05) is 55.4 Å². The number of carbonyl (C=O) groups excluding carboxylic acids is 3. The van der Waals surface area contributed by atoms with E-state index in [1.165, 1.54) is 0 Å². The van der Waals surface area contributed by atoms with Gasteiger partial charge < -0.3 is 47.4 Å². The molecule has 0 amide bonds. The summed E-state index contributed by atoms with van der Waals surface area (Å²) in [5, 5.41) is 19.7. The van der Waals surface area contributed by atoms with E-state index in [0.717, 1.165) is 0 Å². The molecule has 0 unspecified atom stereocenters. The van der Waals surface area contributed by atoms with Crippen LogP contribution in [0.2, 0.25) is 0 Å². The highest BCUT2D eigenvalue weighted by Crippen LogP contribution is 2.20. The summed E-state index contributed by atoms with van der Waals surface area (Å²) < 4.78 is 16.7. The third-order valence-electron chi connectivity index (χ3n) is 7.24. The average molecular weight is 647 g/mol. The van der Waals surface area contributed by atoms with Gasteiger partial charge in [-0.1, -0.05) is 55.4 Å². The van der Waals surface area contributed by atoms with Crippen LogP contribution in [-0.2, 0) is 33.4 Å². The molecule has 0 aromatic rings. The molecule has 13 nitrogen and oxygen atoms in total. The number of aliphatic carboxylic acids is 1. The number of nitrogens with two attached hydrogens (primary N) is 4. The van der Waals surface area contributed by atoms with Crippen molar-refractivity contribution in [3.63, 3.8) is 0 Å². The lowest BCUT2D eigenvalue weighted by Crippen LogP contribution is -2.45. The summed E-state index contributed by atoms with van der Waals surface area (Å²) in [4.78, 5) is 50.4. The van der Waals surface area contributed by atoms with Crippen LogP contribution in [0.25, 0.3) is 0 Å². The zero-order valence-corrected chi connectivity index (χ0v) is 28.6. The van der Waals surface area contributed by atoms with Crippen molar-refractivity contribution in [2.45, 2.75) is 155 Å². The molecular weight excluding hydrogens is 584 g/mol. The summed E-state index contributed by atoms with van der Waals surface area (Å²) in [7, 11) is 0. The van der Waals surface area contributed by atoms with Gasteiger partial charge in [0.1, 0.15) is 18.3 Å². The minimum Gasteiger partial charge on any atom is -0.481 e. The smallest absolute Gasteiger partial charge is 0.309 e. The molecular formula is C32H62N4O9. The molecule has 0 fully saturated rings. The van der Waals surface area contributed by atoms with Gasteiger partial charge in [0, 0.05) is 24.2 Å². The lowest BCUT2D eigenvalue weighted by molar-refractivity contribution is -0.164. The number of rotatable bonds is 23. The maximum absolute atomic E-state index is 13.2. The molecule has 13 heteroatoms. The van der Waals surface area contributed by atoms with Gasteiger partial charge in [-0.25, -0.2) is 0 Å². The van der Waals surface area contributed by atoms with Crippen molar-refractivity contribution in [2.24, 2.45) is 46.6 Å². The van der Waals surface area contributed by atoms with Gasteiger partial charge >= 0.3 is 23.9 Å². The molecule has 0 bridgehead atoms. The van der Waals surface area contributed by atoms with E-state index in [-0.39, 0.29) is 30.1 Å². The van der Waals surface area contributed by atoms with E-state index >= 15 is 0 Å². The normalized spacial score (nSPS) is 17.4. The number of hydrogen-bond donors (Lipinski definition) is 6. The minimum atomic E-state index is -1.17. The van der Waals surface area contributed by atoms with Crippen LogP contribution in [0.4, 0.5) is 0 Å². The molecule has 45 heavy (non-hydrogen) atoms. The van der Waals surface area contributed by atoms with Crippen LogP contribution in [0.3, 0.4) is 0 Å². The molecule has 0 aromatic carbocycles. The first-order valence-electron chi connectivity index (χ1n) is 16.2. The second kappa shape index (κ2) is 21.5. The van der Waals surface area contributed by atoms with Crippen LogP contribution >= 0.6 is 0 Å². The largest absolute Gasteiger partial charge is 0.481 e. The molecule has 0 saturated carbocycles. The van der Waals surface area contributed by atoms with E-state index in [4.69, 9.17) is 37.1 Å². The summed E-state index contributed by atoms with van der Waals surface area (Å²) in [6.07, 6.45) is -4.24. The SMILES string of the molecule is CC(C)C[C@H](N)[C@H](CC(=O)O)OC(=O)C[C@H](OC(=O)C[C@H](OC(=O)C[C@H](O)[C@@H](N)CC(C)C)[C@@H](N)CC(C)C)[C@@H](N)CC(C)C. The number of carboxylic acid groups (broad SMARTS) is 1. The first kappa shape index (κ1) is 42.7. The number of esters is 3. The fraction of sp³-hybridized carbons (Fsp3) is 0.875. The first-order chi connectivity index (χ1) is 20.7. The van der Waals surface area contributed by atoms with Crippen molar-refractivity contribution in [1.82, 2.24) is 0 Å². The van der Waals surface area contributed by atoms with Crippen molar-refractivity contribution in [1.29, 1.82) is 0 Å². The highest BCUT2D eigenvalue weighted by atomic mass is 16.6. The van der Waals surface area contributed by atoms with Gasteiger partial charge in [-0.3, -0.25) is 19.2 Å². The number of hydrogen-bond acceptors (Lipinski definition) is 12. The summed E-state index contributed by atoms with van der Waals surface area (Å²) in [6, 6.07) is -2.78. The predicted octanol–water partition coefficient (Wildman–Crippen LogP) is 2.22. The van der Waals surface area contributed by atoms with Crippen molar-refractivity contribution in [2.75, 3.05) is 0 Å². The predicted molar refractivity (Wildman–Crippen MR) is 171 cm³/mol. The molecule has 0 spiro atoms. The fourth-order valence-corrected chi connectivity index (χ4v) is 5.10. The van der Waals surface area contributed by atoms with E-state index in [2.05, 4.69) is 0 Å². The minimum absolute atomic E-state index is 0.109. The lowest BCUT2D eigenvalue weighted by atomic mass is 9.96. The van der Waals surface area contributed by atoms with Gasteiger partial charge in [0.25, 0.3) is 0 Å². The molecule has 0 rings (SSSR count). The molecule has 0 aliphatic carbocycles. The van der Waals surface area contributed by atoms with Crippen LogP contribution in [0, 0.1) is 23.7 Å². The number of aliphatic hydroxyl groups excluding tert-OH is 1. The Kier molecular flexibility index (Phi) is 20.4. The van der Waals surface area contributed by atoms with Crippen molar-refractivity contribution < 1.29 is 43.6 Å². The van der Waals surface area contributed by atoms with Gasteiger partial charge in [0.2, 0.25) is 0 Å². The van der Waals surface area contributed by atoms with Gasteiger partial charge in [0.05, 0.1) is 31.8 Å². The van der Waals surface area contributed by atoms with E-state index in [1.54, 1.807) is 0 Å². The second-order valence-corrected chi connectivity index (χ2v) is 14.0. The van der Waals surface area contributed by atoms with Gasteiger partial charge in [0.15, 0.2) is 0 Å². The number of ether oxygens (including phenoxy) is 3. The lowest BCUT2D eigenvalue weighted by Gasteiger charge is -2.29. The summed E-state index contributed by atoms with van der Waals surface area (Å²) >= 11 is 0. The molecule has 0 saturated heterocycles. The molecule has 10 N–H and O–H groups in total. The van der Waals surface area contributed by atoms with Crippen LogP contribution in [0.15, 0.2) is 0 Å². The van der Waals surface area contributed by atoms with Crippen LogP contribution in [-0.4, -0.2) is 82.7 Å². The highest BCUT2D eigenvalue weighted by Gasteiger charge is 2.33. The zero-order valence-electron chi connectivity index (χ0n) is 28.6. The Morgan fingerprint density at radius 1 is 0.489 bits per heavy atom. The molecule has 0 aromatic heterocycles. The summed E-state index contributed by atoms with van der Waals surface area (Å²) in [5.74, 6) is -2.91. The molecule has 0 heterocycles. The molecule has 264 valence electrons. The maximum atomic E-state index is 13.2. The van der Waals surface area contributed by atoms with E-state index in [9.17, 15) is 29.4 Å². The zero-order chi connectivity index (χ0) is 35.0. The Balaban J connectivity index is 5.78. The fourth-order valence-electron chi connectivity index (χ4n) is 5.10. The average Bonchev–Trinajstić information content (AvgIpc) is 2.85. The third kappa shape index (κ3) is 19.7. The molecule has 0 aliphatic heterocycles. The number of aliphatic hydroxyl groups is 1. The summed E-state index contributed by atoms with van der Waals surface area (Å²) in [5.41, 5.74) is 24.9. The number of carboxylic acids is 1. The Morgan fingerprint density at radius 3 is 1.04 bits per heavy atom. The van der Waals surface area contributed by atoms with Crippen molar-refractivity contribution in [3.8, 4) is 0 Å². The maximum Gasteiger partial charge on any atom is 0.309 e. The Hall–Kier alpha value is -2.32. The Morgan fingerprint density at radius 2 is 0.756 bits per heavy atom. The highest BCUT2D eigenvalue weighted by molar-refractivity contribution is 5.75. The quantitative estimate of drug-likeness (QED) is 0.0690. The van der Waals surface area contributed by atoms with E-state index in [0.29, 0.717) is 25.7 Å². The van der Waals surface area contributed by atoms with Crippen LogP contribution in [0.1, 0.15) is 107 Å². The number of carbonyl (C=O) groups is 4. The van der Waals surface area contributed by atoms with Gasteiger partial charge in [-0.05, 0) is 49.4 Å². The monoisotopic (exact) mass is 646 g/mol. The van der Waals surface area contributed by atoms with Crippen LogP contribution < -0.4 is 22.9 Å². The topological polar surface area (TPSA) is 241 Å². The standard InChI is InChI=1S/C32H62N4O9/c1-17(2)9-21(33)25(37)13-30(40)44-27(23(35)11-19(5)6)15-32(42)45-28(24(36)12-20(7)8)16-31(41)43-26(14-29(38)39)22(34)10-18(3)4/h17-28,37H,9-16,33-36H2,1-8H3,(H,38,39)/t21-,22-,23-,24-,25-,26-,27-,28-/m0/s1. The first-order valence-corrected chi connectivity index (χ1v) is 16.2. The Labute approximate surface area is 269 Å². The summed E-state index contributed by atoms with van der Waals surface area (Å²) in [6.45, 7) is 15.5. The molecule has 0 radical (unpaired) electrons. The van der Waals surface area contributed by atoms with E-state index < -0.39 is 91.7 Å². The van der Waals surface area contributed by atoms with Crippen molar-refractivity contribution in [3.05, 3.63) is 0 Å². The van der Waals surface area contributed by atoms with Gasteiger partial charge in [-0.15, -0.1) is 0 Å². The van der Waals surface area contributed by atoms with Gasteiger partial charge in [-0.2, -0.15) is 0 Å². The van der Waals surface area contributed by atoms with Crippen LogP contribution in [0.5, 0.6) is 0 Å². The van der Waals surface area contributed by atoms with Crippen molar-refractivity contribution >= 4 is 23.9 Å². The third-order valence-corrected chi connectivity index (χ3v) is 7.24. The Bertz CT molecular complexity index is 900. The second-order valence-electron chi connectivity index (χ2n) is 14.0. The molecule has 0 aliphatic rings. The molecule has 8 atom stereocenters.